The first-order valence-corrected chi connectivity index (χ1v) is 13.5. The summed E-state index contributed by atoms with van der Waals surface area (Å²) in [6.07, 6.45) is 8.17. The van der Waals surface area contributed by atoms with Gasteiger partial charge < -0.3 is 15.5 Å². The number of hydrogen-bond acceptors (Lipinski definition) is 7. The van der Waals surface area contributed by atoms with Crippen molar-refractivity contribution < 1.29 is 9.59 Å². The van der Waals surface area contributed by atoms with Crippen LogP contribution < -0.4 is 21.5 Å². The largest absolute Gasteiger partial charge is 0.352 e. The molecule has 0 spiro atoms. The minimum absolute atomic E-state index is 0.0208. The minimum atomic E-state index is -0.245. The third kappa shape index (κ3) is 5.78. The third-order valence-electron chi connectivity index (χ3n) is 7.93. The van der Waals surface area contributed by atoms with Crippen molar-refractivity contribution in [2.45, 2.75) is 94.1 Å². The Bertz CT molecular complexity index is 666. The van der Waals surface area contributed by atoms with Crippen molar-refractivity contribution in [2.75, 3.05) is 26.8 Å². The Balaban J connectivity index is 1.26. The van der Waals surface area contributed by atoms with Crippen LogP contribution in [0.25, 0.3) is 0 Å². The Kier molecular flexibility index (Phi) is 8.37. The van der Waals surface area contributed by atoms with Gasteiger partial charge >= 0.3 is 0 Å². The maximum absolute atomic E-state index is 13.1. The Morgan fingerprint density at radius 1 is 1.12 bits per heavy atom. The molecule has 0 aromatic heterocycles. The lowest BCUT2D eigenvalue weighted by molar-refractivity contribution is -0.138. The lowest BCUT2D eigenvalue weighted by atomic mass is 9.83. The van der Waals surface area contributed by atoms with E-state index in [1.54, 1.807) is 0 Å². The highest BCUT2D eigenvalue weighted by atomic mass is 32.2. The van der Waals surface area contributed by atoms with Gasteiger partial charge in [-0.3, -0.25) is 14.5 Å². The first-order chi connectivity index (χ1) is 15.4. The molecule has 1 saturated carbocycles. The summed E-state index contributed by atoms with van der Waals surface area (Å²) in [4.78, 5) is 30.4. The first kappa shape index (κ1) is 24.3. The number of piperidine rings is 1. The fraction of sp³-hybridized carbons (Fsp3) is 0.913. The van der Waals surface area contributed by atoms with E-state index in [0.717, 1.165) is 51.9 Å². The molecule has 5 unspecified atom stereocenters. The average molecular weight is 467 g/mol. The van der Waals surface area contributed by atoms with Crippen molar-refractivity contribution in [3.05, 3.63) is 0 Å². The van der Waals surface area contributed by atoms with Gasteiger partial charge in [0.15, 0.2) is 0 Å². The first-order valence-electron chi connectivity index (χ1n) is 12.6. The van der Waals surface area contributed by atoms with Gasteiger partial charge in [0.1, 0.15) is 5.50 Å². The second-order valence-electron chi connectivity index (χ2n) is 10.3. The molecule has 7 atom stereocenters. The summed E-state index contributed by atoms with van der Waals surface area (Å²) in [6.45, 7) is 6.95. The summed E-state index contributed by atoms with van der Waals surface area (Å²) in [5.41, 5.74) is 6.83. The number of hydrogen-bond donors (Lipinski definition) is 4. The molecule has 0 bridgehead atoms. The van der Waals surface area contributed by atoms with Crippen molar-refractivity contribution >= 4 is 23.6 Å². The van der Waals surface area contributed by atoms with Gasteiger partial charge in [-0.1, -0.05) is 13.3 Å². The molecule has 3 saturated heterocycles. The molecular formula is C23H42N6O2S. The fourth-order valence-electron chi connectivity index (χ4n) is 5.83. The number of thioether (sulfide) groups is 1. The monoisotopic (exact) mass is 466 g/mol. The van der Waals surface area contributed by atoms with Gasteiger partial charge in [-0.05, 0) is 71.4 Å². The number of carbonyl (C=O) groups is 2. The second-order valence-corrected chi connectivity index (χ2v) is 11.8. The number of amides is 2. The van der Waals surface area contributed by atoms with Crippen LogP contribution in [-0.2, 0) is 9.59 Å². The Labute approximate surface area is 197 Å². The van der Waals surface area contributed by atoms with Crippen molar-refractivity contribution in [3.63, 3.8) is 0 Å². The van der Waals surface area contributed by atoms with E-state index in [4.69, 9.17) is 0 Å². The molecule has 0 aromatic carbocycles. The van der Waals surface area contributed by atoms with Crippen molar-refractivity contribution in [3.8, 4) is 0 Å². The normalized spacial score (nSPS) is 37.4. The molecule has 4 fully saturated rings. The lowest BCUT2D eigenvalue weighted by Crippen LogP contribution is -2.54. The van der Waals surface area contributed by atoms with E-state index >= 15 is 0 Å². The van der Waals surface area contributed by atoms with Crippen LogP contribution in [0, 0.1) is 11.8 Å². The second kappa shape index (κ2) is 11.0. The Morgan fingerprint density at radius 3 is 2.69 bits per heavy atom. The Hall–Kier alpha value is -0.870. The van der Waals surface area contributed by atoms with Crippen LogP contribution in [0.4, 0.5) is 0 Å². The SMILES string of the molecule is C[C@H](SC1NNCN1C)C1CCCC(NC(=O)C2CC(C(=O)N3CCC[C@H]3C)CCN2)C1. The molecule has 1 aliphatic carbocycles. The quantitative estimate of drug-likeness (QED) is 0.471. The smallest absolute Gasteiger partial charge is 0.237 e. The predicted molar refractivity (Wildman–Crippen MR) is 129 cm³/mol. The third-order valence-corrected chi connectivity index (χ3v) is 9.48. The van der Waals surface area contributed by atoms with Crippen LogP contribution >= 0.6 is 11.8 Å². The summed E-state index contributed by atoms with van der Waals surface area (Å²) in [7, 11) is 2.13. The van der Waals surface area contributed by atoms with Crippen molar-refractivity contribution in [1.29, 1.82) is 0 Å². The molecule has 4 N–H and O–H groups in total. The van der Waals surface area contributed by atoms with Crippen LogP contribution in [0.1, 0.15) is 65.2 Å². The van der Waals surface area contributed by atoms with Crippen LogP contribution in [0.3, 0.4) is 0 Å². The number of nitrogens with one attached hydrogen (secondary N) is 4. The Morgan fingerprint density at radius 2 is 1.97 bits per heavy atom. The molecule has 32 heavy (non-hydrogen) atoms. The molecule has 9 heteroatoms. The highest BCUT2D eigenvalue weighted by molar-refractivity contribution is 8.00. The van der Waals surface area contributed by atoms with E-state index in [-0.39, 0.29) is 29.8 Å². The number of nitrogens with zero attached hydrogens (tertiary/aromatic N) is 2. The van der Waals surface area contributed by atoms with Crippen LogP contribution in [-0.4, -0.2) is 77.3 Å². The van der Waals surface area contributed by atoms with E-state index in [9.17, 15) is 9.59 Å². The summed E-state index contributed by atoms with van der Waals surface area (Å²) in [6, 6.07) is 0.345. The maximum Gasteiger partial charge on any atom is 0.237 e. The van der Waals surface area contributed by atoms with Crippen LogP contribution in [0.2, 0.25) is 0 Å². The number of carbonyl (C=O) groups excluding carboxylic acids is 2. The van der Waals surface area contributed by atoms with Crippen molar-refractivity contribution in [1.82, 2.24) is 31.3 Å². The zero-order chi connectivity index (χ0) is 22.7. The van der Waals surface area contributed by atoms with E-state index in [2.05, 4.69) is 47.3 Å². The molecule has 8 nitrogen and oxygen atoms in total. The summed E-state index contributed by atoms with van der Waals surface area (Å²) < 4.78 is 0. The van der Waals surface area contributed by atoms with Gasteiger partial charge in [0.05, 0.1) is 12.7 Å². The molecule has 3 aliphatic heterocycles. The van der Waals surface area contributed by atoms with Gasteiger partial charge in [-0.15, -0.1) is 11.8 Å². The average Bonchev–Trinajstić information content (AvgIpc) is 3.41. The van der Waals surface area contributed by atoms with E-state index in [1.807, 2.05) is 16.7 Å². The topological polar surface area (TPSA) is 88.7 Å². The van der Waals surface area contributed by atoms with E-state index in [0.29, 0.717) is 29.1 Å². The van der Waals surface area contributed by atoms with Crippen LogP contribution in [0.5, 0.6) is 0 Å². The molecule has 182 valence electrons. The number of hydrazine groups is 1. The van der Waals surface area contributed by atoms with Gasteiger partial charge in [-0.25, -0.2) is 10.9 Å². The highest BCUT2D eigenvalue weighted by Gasteiger charge is 2.37. The maximum atomic E-state index is 13.1. The molecule has 2 amide bonds. The lowest BCUT2D eigenvalue weighted by Gasteiger charge is -2.36. The number of likely N-dealkylation sites (tertiary alicyclic amines) is 1. The molecule has 3 heterocycles. The van der Waals surface area contributed by atoms with E-state index in [1.165, 1.54) is 12.8 Å². The zero-order valence-electron chi connectivity index (χ0n) is 19.9. The number of rotatable bonds is 6. The van der Waals surface area contributed by atoms with E-state index < -0.39 is 0 Å². The van der Waals surface area contributed by atoms with Gasteiger partial charge in [0.25, 0.3) is 0 Å². The highest BCUT2D eigenvalue weighted by Crippen LogP contribution is 2.35. The molecular weight excluding hydrogens is 424 g/mol. The van der Waals surface area contributed by atoms with Crippen LogP contribution in [0.15, 0.2) is 0 Å². The molecule has 0 radical (unpaired) electrons. The summed E-state index contributed by atoms with van der Waals surface area (Å²) in [5.74, 6) is 0.940. The summed E-state index contributed by atoms with van der Waals surface area (Å²) in [5, 5.41) is 7.25. The standard InChI is InChI=1S/C23H42N6O2S/c1-15-6-5-11-29(15)22(31)18-9-10-24-20(13-18)21(30)26-19-8-4-7-17(12-19)16(2)32-23-27-25-14-28(23)3/h15-20,23-25,27H,4-14H2,1-3H3,(H,26,30)/t15-,16+,17?,18?,19?,20?,23?/m1/s1. The van der Waals surface area contributed by atoms with Gasteiger partial charge in [0, 0.05) is 29.8 Å². The fourth-order valence-corrected chi connectivity index (χ4v) is 7.14. The van der Waals surface area contributed by atoms with Crippen molar-refractivity contribution in [2.24, 2.45) is 11.8 Å². The predicted octanol–water partition coefficient (Wildman–Crippen LogP) is 1.44. The molecule has 4 rings (SSSR count). The van der Waals surface area contributed by atoms with Gasteiger partial charge in [0.2, 0.25) is 11.8 Å². The van der Waals surface area contributed by atoms with Gasteiger partial charge in [-0.2, -0.15) is 0 Å². The summed E-state index contributed by atoms with van der Waals surface area (Å²) >= 11 is 1.97. The molecule has 4 aliphatic rings. The minimum Gasteiger partial charge on any atom is -0.352 e. The molecule has 0 aromatic rings. The zero-order valence-corrected chi connectivity index (χ0v) is 20.8.